The van der Waals surface area contributed by atoms with Gasteiger partial charge in [-0.2, -0.15) is 0 Å². The van der Waals surface area contributed by atoms with E-state index < -0.39 is 17.8 Å². The number of aliphatic carboxylic acids is 1. The third-order valence-electron chi connectivity index (χ3n) is 2.80. The molecule has 0 aromatic rings. The van der Waals surface area contributed by atoms with Crippen molar-refractivity contribution >= 4 is 17.8 Å². The first-order chi connectivity index (χ1) is 8.27. The minimum Gasteiger partial charge on any atom is -0.481 e. The molecule has 0 aromatic heterocycles. The Bertz CT molecular complexity index is 315. The van der Waals surface area contributed by atoms with Crippen LogP contribution in [-0.2, 0) is 14.4 Å². The van der Waals surface area contributed by atoms with E-state index in [2.05, 4.69) is 10.6 Å². The molecule has 2 atom stereocenters. The quantitative estimate of drug-likeness (QED) is 0.570. The van der Waals surface area contributed by atoms with E-state index in [1.165, 1.54) is 6.92 Å². The van der Waals surface area contributed by atoms with E-state index in [0.29, 0.717) is 13.1 Å². The van der Waals surface area contributed by atoms with E-state index in [1.807, 2.05) is 0 Å². The largest absolute Gasteiger partial charge is 0.481 e. The highest BCUT2D eigenvalue weighted by Crippen LogP contribution is 2.10. The molecule has 2 amide bonds. The average Bonchev–Trinajstić information content (AvgIpc) is 2.31. The summed E-state index contributed by atoms with van der Waals surface area (Å²) in [6.07, 6.45) is 0. The zero-order chi connectivity index (χ0) is 14.3. The Morgan fingerprint density at radius 3 is 1.72 bits per heavy atom. The highest BCUT2D eigenvalue weighted by molar-refractivity contribution is 5.84. The molecule has 0 saturated carbocycles. The minimum atomic E-state index is -0.995. The monoisotopic (exact) mass is 258 g/mol. The molecule has 0 spiro atoms. The van der Waals surface area contributed by atoms with Crippen molar-refractivity contribution in [1.29, 1.82) is 0 Å². The number of carboxylic acids is 1. The van der Waals surface area contributed by atoms with Crippen LogP contribution in [0, 0.1) is 17.8 Å². The van der Waals surface area contributed by atoms with Crippen LogP contribution in [0.1, 0.15) is 27.7 Å². The van der Waals surface area contributed by atoms with Gasteiger partial charge in [-0.3, -0.25) is 14.4 Å². The fraction of sp³-hybridized carbons (Fsp3) is 0.750. The number of amides is 2. The van der Waals surface area contributed by atoms with Crippen molar-refractivity contribution in [3.8, 4) is 0 Å². The predicted octanol–water partition coefficient (Wildman–Crippen LogP) is 0.232. The lowest BCUT2D eigenvalue weighted by Crippen LogP contribution is -2.40. The molecule has 0 heterocycles. The third kappa shape index (κ3) is 5.65. The second kappa shape index (κ2) is 7.68. The number of nitrogens with one attached hydrogen (secondary N) is 2. The normalized spacial score (nSPS) is 13.8. The molecule has 0 fully saturated rings. The van der Waals surface area contributed by atoms with Gasteiger partial charge in [0, 0.05) is 24.9 Å². The van der Waals surface area contributed by atoms with Crippen molar-refractivity contribution < 1.29 is 19.5 Å². The van der Waals surface area contributed by atoms with Crippen LogP contribution in [0.25, 0.3) is 0 Å². The van der Waals surface area contributed by atoms with Crippen LogP contribution in [0.5, 0.6) is 0 Å². The second-order valence-electron chi connectivity index (χ2n) is 4.65. The van der Waals surface area contributed by atoms with Gasteiger partial charge in [0.25, 0.3) is 0 Å². The summed E-state index contributed by atoms with van der Waals surface area (Å²) in [5, 5.41) is 14.0. The Balaban J connectivity index is 3.91. The van der Waals surface area contributed by atoms with E-state index in [9.17, 15) is 14.4 Å². The molecule has 0 aromatic carbocycles. The van der Waals surface area contributed by atoms with E-state index in [0.717, 1.165) is 0 Å². The average molecular weight is 258 g/mol. The Morgan fingerprint density at radius 1 is 0.889 bits per heavy atom. The van der Waals surface area contributed by atoms with Crippen LogP contribution in [0.2, 0.25) is 0 Å². The Morgan fingerprint density at radius 2 is 1.33 bits per heavy atom. The van der Waals surface area contributed by atoms with Gasteiger partial charge in [0.05, 0.1) is 5.92 Å². The first-order valence-corrected chi connectivity index (χ1v) is 6.05. The predicted molar refractivity (Wildman–Crippen MR) is 66.8 cm³/mol. The van der Waals surface area contributed by atoms with Gasteiger partial charge < -0.3 is 15.7 Å². The molecule has 18 heavy (non-hydrogen) atoms. The summed E-state index contributed by atoms with van der Waals surface area (Å²) in [6, 6.07) is 0. The van der Waals surface area contributed by atoms with Gasteiger partial charge in [0.2, 0.25) is 11.8 Å². The molecule has 6 heteroatoms. The summed E-state index contributed by atoms with van der Waals surface area (Å²) >= 11 is 0. The number of rotatable bonds is 7. The summed E-state index contributed by atoms with van der Waals surface area (Å²) in [6.45, 7) is 7.27. The van der Waals surface area contributed by atoms with Gasteiger partial charge in [-0.15, -0.1) is 0 Å². The Hall–Kier alpha value is -1.59. The maximum Gasteiger partial charge on any atom is 0.307 e. The topological polar surface area (TPSA) is 95.5 Å². The fourth-order valence-corrected chi connectivity index (χ4v) is 1.18. The van der Waals surface area contributed by atoms with Crippen LogP contribution < -0.4 is 10.6 Å². The maximum atomic E-state index is 11.6. The Kier molecular flexibility index (Phi) is 7.00. The van der Waals surface area contributed by atoms with Crippen molar-refractivity contribution in [2.24, 2.45) is 17.8 Å². The van der Waals surface area contributed by atoms with E-state index >= 15 is 0 Å². The molecule has 0 aliphatic heterocycles. The molecule has 3 N–H and O–H groups in total. The number of hydrogen-bond acceptors (Lipinski definition) is 3. The van der Waals surface area contributed by atoms with Crippen molar-refractivity contribution in [2.45, 2.75) is 27.7 Å². The SMILES string of the molecule is CC(C)C(=O)NCCNC(=O)C(C)C(C)C(=O)O. The molecule has 0 aliphatic rings. The van der Waals surface area contributed by atoms with Crippen molar-refractivity contribution in [3.05, 3.63) is 0 Å². The van der Waals surface area contributed by atoms with Crippen LogP contribution in [0.3, 0.4) is 0 Å². The fourth-order valence-electron chi connectivity index (χ4n) is 1.18. The van der Waals surface area contributed by atoms with Gasteiger partial charge in [0.15, 0.2) is 0 Å². The second-order valence-corrected chi connectivity index (χ2v) is 4.65. The van der Waals surface area contributed by atoms with Crippen molar-refractivity contribution in [2.75, 3.05) is 13.1 Å². The molecule has 0 bridgehead atoms. The maximum absolute atomic E-state index is 11.6. The van der Waals surface area contributed by atoms with Gasteiger partial charge in [-0.1, -0.05) is 27.7 Å². The van der Waals surface area contributed by atoms with E-state index in [4.69, 9.17) is 5.11 Å². The van der Waals surface area contributed by atoms with Gasteiger partial charge in [-0.25, -0.2) is 0 Å². The van der Waals surface area contributed by atoms with Crippen LogP contribution in [-0.4, -0.2) is 36.0 Å². The van der Waals surface area contributed by atoms with Crippen LogP contribution >= 0.6 is 0 Å². The molecule has 0 rings (SSSR count). The smallest absolute Gasteiger partial charge is 0.307 e. The molecule has 0 saturated heterocycles. The summed E-state index contributed by atoms with van der Waals surface area (Å²) in [4.78, 5) is 33.5. The first kappa shape index (κ1) is 16.4. The van der Waals surface area contributed by atoms with Gasteiger partial charge in [0.1, 0.15) is 0 Å². The molecular formula is C12H22N2O4. The molecular weight excluding hydrogens is 236 g/mol. The summed E-state index contributed by atoms with van der Waals surface area (Å²) in [5.74, 6) is -2.80. The van der Waals surface area contributed by atoms with Crippen molar-refractivity contribution in [3.63, 3.8) is 0 Å². The lowest BCUT2D eigenvalue weighted by molar-refractivity contribution is -0.146. The molecule has 2 unspecified atom stereocenters. The number of carbonyl (C=O) groups is 3. The summed E-state index contributed by atoms with van der Waals surface area (Å²) in [7, 11) is 0. The minimum absolute atomic E-state index is 0.0730. The zero-order valence-electron chi connectivity index (χ0n) is 11.3. The molecule has 0 radical (unpaired) electrons. The Labute approximate surface area is 107 Å². The van der Waals surface area contributed by atoms with Crippen molar-refractivity contribution in [1.82, 2.24) is 10.6 Å². The van der Waals surface area contributed by atoms with Crippen LogP contribution in [0.4, 0.5) is 0 Å². The highest BCUT2D eigenvalue weighted by atomic mass is 16.4. The number of carboxylic acid groups (broad SMARTS) is 1. The summed E-state index contributed by atoms with van der Waals surface area (Å²) in [5.41, 5.74) is 0. The van der Waals surface area contributed by atoms with Gasteiger partial charge in [-0.05, 0) is 0 Å². The van der Waals surface area contributed by atoms with E-state index in [-0.39, 0.29) is 17.7 Å². The first-order valence-electron chi connectivity index (χ1n) is 6.05. The molecule has 6 nitrogen and oxygen atoms in total. The van der Waals surface area contributed by atoms with Gasteiger partial charge >= 0.3 is 5.97 Å². The molecule has 104 valence electrons. The highest BCUT2D eigenvalue weighted by Gasteiger charge is 2.25. The molecule has 0 aliphatic carbocycles. The number of hydrogen-bond donors (Lipinski definition) is 3. The standard InChI is InChI=1S/C12H22N2O4/c1-7(2)10(15)13-5-6-14-11(16)8(3)9(4)12(17)18/h7-9H,5-6H2,1-4H3,(H,13,15)(H,14,16)(H,17,18). The number of carbonyl (C=O) groups excluding carboxylic acids is 2. The zero-order valence-corrected chi connectivity index (χ0v) is 11.3. The summed E-state index contributed by atoms with van der Waals surface area (Å²) < 4.78 is 0. The van der Waals surface area contributed by atoms with E-state index in [1.54, 1.807) is 20.8 Å². The lowest BCUT2D eigenvalue weighted by atomic mass is 9.95. The third-order valence-corrected chi connectivity index (χ3v) is 2.80. The van der Waals surface area contributed by atoms with Crippen LogP contribution in [0.15, 0.2) is 0 Å². The lowest BCUT2D eigenvalue weighted by Gasteiger charge is -2.16.